The third-order valence-corrected chi connectivity index (χ3v) is 5.78. The number of pyridine rings is 1. The van der Waals surface area contributed by atoms with Crippen molar-refractivity contribution in [3.05, 3.63) is 59.5 Å². The maximum absolute atomic E-state index is 13.6. The second-order valence-electron chi connectivity index (χ2n) is 7.72. The maximum atomic E-state index is 13.6. The summed E-state index contributed by atoms with van der Waals surface area (Å²) in [5.41, 5.74) is 3.83. The van der Waals surface area contributed by atoms with Crippen molar-refractivity contribution in [3.8, 4) is 0 Å². The highest BCUT2D eigenvalue weighted by Crippen LogP contribution is 2.27. The van der Waals surface area contributed by atoms with Gasteiger partial charge in [0, 0.05) is 42.6 Å². The summed E-state index contributed by atoms with van der Waals surface area (Å²) in [5, 5.41) is 5.28. The van der Waals surface area contributed by atoms with Crippen molar-refractivity contribution >= 4 is 16.8 Å². The van der Waals surface area contributed by atoms with Gasteiger partial charge in [-0.2, -0.15) is 5.10 Å². The van der Waals surface area contributed by atoms with Crippen LogP contribution < -0.4 is 0 Å². The first kappa shape index (κ1) is 18.7. The molecule has 0 unspecified atom stereocenters. The van der Waals surface area contributed by atoms with Crippen LogP contribution in [0.1, 0.15) is 54.2 Å². The molecule has 0 spiro atoms. The molecular weight excluding hydrogens is 348 g/mol. The molecule has 1 atom stereocenters. The molecule has 2 aromatic heterocycles. The predicted molar refractivity (Wildman–Crippen MR) is 111 cm³/mol. The number of hydrogen-bond donors (Lipinski definition) is 0. The van der Waals surface area contributed by atoms with E-state index < -0.39 is 0 Å². The minimum absolute atomic E-state index is 0.147. The topological polar surface area (TPSA) is 51.0 Å². The standard InChI is InChI=1S/C23H28N4O/c1-3-18-8-9-22-20(16-18)21(15-17(2)25-22)23(28)27-13-5-4-7-19(27)10-14-26-12-6-11-24-26/h6,8-9,11-12,15-16,19H,3-5,7,10,13-14H2,1-2H3/t19-/m0/s1. The molecule has 0 saturated carbocycles. The Hall–Kier alpha value is -2.69. The zero-order chi connectivity index (χ0) is 19.5. The van der Waals surface area contributed by atoms with E-state index in [4.69, 9.17) is 0 Å². The van der Waals surface area contributed by atoms with Crippen LogP contribution in [0.5, 0.6) is 0 Å². The van der Waals surface area contributed by atoms with Gasteiger partial charge in [0.05, 0.1) is 11.1 Å². The first-order valence-electron chi connectivity index (χ1n) is 10.3. The number of hydrogen-bond acceptors (Lipinski definition) is 3. The molecule has 0 aliphatic carbocycles. The quantitative estimate of drug-likeness (QED) is 0.664. The Bertz CT molecular complexity index is 964. The van der Waals surface area contributed by atoms with Crippen LogP contribution in [0.3, 0.4) is 0 Å². The van der Waals surface area contributed by atoms with Gasteiger partial charge in [0.15, 0.2) is 0 Å². The van der Waals surface area contributed by atoms with Gasteiger partial charge in [0.1, 0.15) is 0 Å². The molecule has 1 amide bonds. The summed E-state index contributed by atoms with van der Waals surface area (Å²) < 4.78 is 1.96. The van der Waals surface area contributed by atoms with E-state index in [0.717, 1.165) is 60.9 Å². The molecule has 146 valence electrons. The summed E-state index contributed by atoms with van der Waals surface area (Å²) in [6.07, 6.45) is 9.01. The van der Waals surface area contributed by atoms with Gasteiger partial charge in [-0.15, -0.1) is 0 Å². The largest absolute Gasteiger partial charge is 0.336 e. The summed E-state index contributed by atoms with van der Waals surface area (Å²) in [4.78, 5) is 20.4. The van der Waals surface area contributed by atoms with Gasteiger partial charge in [-0.1, -0.05) is 13.0 Å². The molecule has 1 aliphatic rings. The summed E-state index contributed by atoms with van der Waals surface area (Å²) >= 11 is 0. The zero-order valence-corrected chi connectivity index (χ0v) is 16.8. The molecule has 28 heavy (non-hydrogen) atoms. The Balaban J connectivity index is 1.64. The fraction of sp³-hybridized carbons (Fsp3) is 0.435. The van der Waals surface area contributed by atoms with Crippen LogP contribution in [0.2, 0.25) is 0 Å². The first-order chi connectivity index (χ1) is 13.7. The van der Waals surface area contributed by atoms with Gasteiger partial charge >= 0.3 is 0 Å². The average molecular weight is 377 g/mol. The van der Waals surface area contributed by atoms with E-state index in [1.54, 1.807) is 6.20 Å². The molecule has 0 bridgehead atoms. The van der Waals surface area contributed by atoms with Crippen molar-refractivity contribution < 1.29 is 4.79 Å². The fourth-order valence-corrected chi connectivity index (χ4v) is 4.24. The van der Waals surface area contributed by atoms with Crippen molar-refractivity contribution in [2.24, 2.45) is 0 Å². The average Bonchev–Trinajstić information content (AvgIpc) is 3.24. The highest BCUT2D eigenvalue weighted by molar-refractivity contribution is 6.06. The molecule has 1 saturated heterocycles. The first-order valence-corrected chi connectivity index (χ1v) is 10.3. The van der Waals surface area contributed by atoms with Gasteiger partial charge in [0.25, 0.3) is 5.91 Å². The molecule has 1 aliphatic heterocycles. The SMILES string of the molecule is CCc1ccc2nc(C)cc(C(=O)N3CCCC[C@H]3CCn3cccn3)c2c1. The molecular formula is C23H28N4O. The molecule has 1 fully saturated rings. The van der Waals surface area contributed by atoms with Crippen molar-refractivity contribution in [3.63, 3.8) is 0 Å². The van der Waals surface area contributed by atoms with E-state index in [0.29, 0.717) is 0 Å². The summed E-state index contributed by atoms with van der Waals surface area (Å²) in [6.45, 7) is 5.78. The van der Waals surface area contributed by atoms with Crippen molar-refractivity contribution in [2.45, 2.75) is 58.5 Å². The molecule has 5 nitrogen and oxygen atoms in total. The van der Waals surface area contributed by atoms with Gasteiger partial charge in [-0.25, -0.2) is 0 Å². The lowest BCUT2D eigenvalue weighted by Gasteiger charge is -2.36. The summed E-state index contributed by atoms with van der Waals surface area (Å²) in [5.74, 6) is 0.147. The molecule has 5 heteroatoms. The minimum atomic E-state index is 0.147. The number of piperidine rings is 1. The fourth-order valence-electron chi connectivity index (χ4n) is 4.24. The smallest absolute Gasteiger partial charge is 0.254 e. The van der Waals surface area contributed by atoms with Crippen LogP contribution in [-0.2, 0) is 13.0 Å². The molecule has 3 heterocycles. The number of nitrogens with zero attached hydrogens (tertiary/aromatic N) is 4. The van der Waals surface area contributed by atoms with E-state index in [9.17, 15) is 4.79 Å². The normalized spacial score (nSPS) is 17.2. The van der Waals surface area contributed by atoms with Crippen LogP contribution in [0, 0.1) is 6.92 Å². The van der Waals surface area contributed by atoms with Crippen LogP contribution in [0.15, 0.2) is 42.7 Å². The number of carbonyl (C=O) groups is 1. The number of aryl methyl sites for hydroxylation is 3. The van der Waals surface area contributed by atoms with E-state index in [1.165, 1.54) is 12.0 Å². The van der Waals surface area contributed by atoms with Gasteiger partial charge < -0.3 is 4.90 Å². The predicted octanol–water partition coefficient (Wildman–Crippen LogP) is 4.39. The molecule has 0 radical (unpaired) electrons. The summed E-state index contributed by atoms with van der Waals surface area (Å²) in [6, 6.07) is 10.5. The number of likely N-dealkylation sites (tertiary alicyclic amines) is 1. The van der Waals surface area contributed by atoms with E-state index in [2.05, 4.69) is 34.0 Å². The molecule has 1 aromatic carbocycles. The number of aromatic nitrogens is 3. The van der Waals surface area contributed by atoms with E-state index in [1.807, 2.05) is 36.0 Å². The number of benzene rings is 1. The van der Waals surface area contributed by atoms with Gasteiger partial charge in [-0.05, 0) is 68.9 Å². The number of carbonyl (C=O) groups excluding carboxylic acids is 1. The van der Waals surface area contributed by atoms with Crippen molar-refractivity contribution in [2.75, 3.05) is 6.54 Å². The Morgan fingerprint density at radius 1 is 1.25 bits per heavy atom. The molecule has 0 N–H and O–H groups in total. The zero-order valence-electron chi connectivity index (χ0n) is 16.8. The van der Waals surface area contributed by atoms with Crippen LogP contribution >= 0.6 is 0 Å². The maximum Gasteiger partial charge on any atom is 0.254 e. The van der Waals surface area contributed by atoms with Gasteiger partial charge in [0.2, 0.25) is 0 Å². The Labute approximate surface area is 166 Å². The van der Waals surface area contributed by atoms with Crippen LogP contribution in [0.25, 0.3) is 10.9 Å². The third-order valence-electron chi connectivity index (χ3n) is 5.78. The van der Waals surface area contributed by atoms with Crippen LogP contribution in [-0.4, -0.2) is 38.2 Å². The lowest BCUT2D eigenvalue weighted by Crippen LogP contribution is -2.44. The summed E-state index contributed by atoms with van der Waals surface area (Å²) in [7, 11) is 0. The lowest BCUT2D eigenvalue weighted by atomic mass is 9.96. The second-order valence-corrected chi connectivity index (χ2v) is 7.72. The number of rotatable bonds is 5. The Morgan fingerprint density at radius 2 is 2.14 bits per heavy atom. The third kappa shape index (κ3) is 3.79. The Kier molecular flexibility index (Phi) is 5.42. The van der Waals surface area contributed by atoms with E-state index >= 15 is 0 Å². The lowest BCUT2D eigenvalue weighted by molar-refractivity contribution is 0.0596. The number of fused-ring (bicyclic) bond motifs is 1. The number of amides is 1. The highest BCUT2D eigenvalue weighted by atomic mass is 16.2. The minimum Gasteiger partial charge on any atom is -0.336 e. The highest BCUT2D eigenvalue weighted by Gasteiger charge is 2.28. The van der Waals surface area contributed by atoms with Gasteiger partial charge in [-0.3, -0.25) is 14.5 Å². The van der Waals surface area contributed by atoms with Crippen LogP contribution in [0.4, 0.5) is 0 Å². The molecule has 4 rings (SSSR count). The molecule has 3 aromatic rings. The monoisotopic (exact) mass is 376 g/mol. The van der Waals surface area contributed by atoms with Crippen molar-refractivity contribution in [1.82, 2.24) is 19.7 Å². The Morgan fingerprint density at radius 3 is 2.93 bits per heavy atom. The van der Waals surface area contributed by atoms with E-state index in [-0.39, 0.29) is 11.9 Å². The van der Waals surface area contributed by atoms with Crippen molar-refractivity contribution in [1.29, 1.82) is 0 Å². The second kappa shape index (κ2) is 8.13.